The monoisotopic (exact) mass is 459 g/mol. The lowest BCUT2D eigenvalue weighted by molar-refractivity contribution is -0.133. The van der Waals surface area contributed by atoms with E-state index in [0.29, 0.717) is 17.1 Å². The molecule has 0 bridgehead atoms. The van der Waals surface area contributed by atoms with Crippen LogP contribution in [0.4, 0.5) is 11.4 Å². The second-order valence-corrected chi connectivity index (χ2v) is 10.7. The summed E-state index contributed by atoms with van der Waals surface area (Å²) >= 11 is 1.46. The van der Waals surface area contributed by atoms with Gasteiger partial charge in [0.1, 0.15) is 0 Å². The number of rotatable bonds is 5. The molecule has 164 valence electrons. The van der Waals surface area contributed by atoms with Crippen LogP contribution < -0.4 is 10.0 Å². The van der Waals surface area contributed by atoms with Gasteiger partial charge in [-0.3, -0.25) is 14.3 Å². The zero-order chi connectivity index (χ0) is 22.0. The highest BCUT2D eigenvalue weighted by atomic mass is 32.2. The predicted molar refractivity (Wildman–Crippen MR) is 122 cm³/mol. The number of thioether (sulfide) groups is 1. The number of hydrogen-bond donors (Lipinski definition) is 2. The Morgan fingerprint density at radius 3 is 2.58 bits per heavy atom. The van der Waals surface area contributed by atoms with Crippen LogP contribution in [0.5, 0.6) is 0 Å². The molecule has 2 aromatic rings. The fourth-order valence-corrected chi connectivity index (χ4v) is 5.86. The summed E-state index contributed by atoms with van der Waals surface area (Å²) < 4.78 is 28.2. The van der Waals surface area contributed by atoms with Gasteiger partial charge < -0.3 is 10.2 Å². The molecule has 2 amide bonds. The van der Waals surface area contributed by atoms with Crippen molar-refractivity contribution in [2.24, 2.45) is 5.92 Å². The molecule has 4 rings (SSSR count). The Bertz CT molecular complexity index is 1090. The number of anilines is 2. The van der Waals surface area contributed by atoms with Crippen molar-refractivity contribution in [3.63, 3.8) is 0 Å². The number of likely N-dealkylation sites (tertiary alicyclic amines) is 1. The van der Waals surface area contributed by atoms with Gasteiger partial charge in [-0.25, -0.2) is 8.42 Å². The highest BCUT2D eigenvalue weighted by Crippen LogP contribution is 2.35. The fourth-order valence-electron chi connectivity index (χ4n) is 3.69. The van der Waals surface area contributed by atoms with Gasteiger partial charge in [-0.2, -0.15) is 0 Å². The van der Waals surface area contributed by atoms with Crippen LogP contribution in [0, 0.1) is 12.8 Å². The van der Waals surface area contributed by atoms with Crippen molar-refractivity contribution >= 4 is 45.0 Å². The molecule has 2 aromatic carbocycles. The summed E-state index contributed by atoms with van der Waals surface area (Å²) in [6, 6.07) is 11.8. The molecule has 0 unspecified atom stereocenters. The van der Waals surface area contributed by atoms with E-state index in [1.54, 1.807) is 18.2 Å². The van der Waals surface area contributed by atoms with Crippen LogP contribution in [0.15, 0.2) is 52.3 Å². The Morgan fingerprint density at radius 2 is 1.87 bits per heavy atom. The molecule has 0 saturated carbocycles. The van der Waals surface area contributed by atoms with Crippen LogP contribution in [-0.4, -0.2) is 44.0 Å². The lowest BCUT2D eigenvalue weighted by atomic mass is 10.1. The first-order valence-corrected chi connectivity index (χ1v) is 12.7. The Balaban J connectivity index is 1.49. The largest absolute Gasteiger partial charge is 0.343 e. The van der Waals surface area contributed by atoms with Crippen LogP contribution in [0.1, 0.15) is 24.8 Å². The number of hydrogen-bond acceptors (Lipinski definition) is 5. The van der Waals surface area contributed by atoms with Crippen molar-refractivity contribution in [2.75, 3.05) is 28.9 Å². The highest BCUT2D eigenvalue weighted by molar-refractivity contribution is 7.99. The second-order valence-electron chi connectivity index (χ2n) is 7.92. The average molecular weight is 460 g/mol. The van der Waals surface area contributed by atoms with Crippen molar-refractivity contribution in [3.8, 4) is 0 Å². The van der Waals surface area contributed by atoms with E-state index in [1.165, 1.54) is 23.9 Å². The molecule has 0 aromatic heterocycles. The van der Waals surface area contributed by atoms with Gasteiger partial charge in [0, 0.05) is 35.8 Å². The minimum absolute atomic E-state index is 0.00905. The van der Waals surface area contributed by atoms with Crippen LogP contribution >= 0.6 is 11.8 Å². The van der Waals surface area contributed by atoms with E-state index in [-0.39, 0.29) is 23.1 Å². The standard InChI is InChI=1S/C22H25N3O4S2/c1-15-4-6-17(7-5-15)24-31(28,29)18-8-9-20-19(13-18)23-22(27)16(14-30-20)12-21(26)25-10-2-3-11-25/h4-9,13,16,24H,2-3,10-12,14H2,1H3,(H,23,27)/t16-/m0/s1. The van der Waals surface area contributed by atoms with Crippen molar-refractivity contribution < 1.29 is 18.0 Å². The molecule has 9 heteroatoms. The average Bonchev–Trinajstić information content (AvgIpc) is 3.23. The van der Waals surface area contributed by atoms with Gasteiger partial charge in [0.2, 0.25) is 11.8 Å². The molecule has 0 aliphatic carbocycles. The van der Waals surface area contributed by atoms with E-state index in [9.17, 15) is 18.0 Å². The van der Waals surface area contributed by atoms with Gasteiger partial charge in [0.25, 0.3) is 10.0 Å². The number of amides is 2. The first kappa shape index (κ1) is 21.7. The van der Waals surface area contributed by atoms with Gasteiger partial charge in [-0.05, 0) is 50.1 Å². The molecular formula is C22H25N3O4S2. The summed E-state index contributed by atoms with van der Waals surface area (Å²) in [5.41, 5.74) is 1.96. The maximum absolute atomic E-state index is 12.8. The maximum atomic E-state index is 12.8. The Morgan fingerprint density at radius 1 is 1.16 bits per heavy atom. The number of carbonyl (C=O) groups excluding carboxylic acids is 2. The summed E-state index contributed by atoms with van der Waals surface area (Å²) in [4.78, 5) is 27.9. The minimum atomic E-state index is -3.80. The second kappa shape index (κ2) is 8.92. The third-order valence-corrected chi connectivity index (χ3v) is 8.13. The van der Waals surface area contributed by atoms with Gasteiger partial charge in [0.05, 0.1) is 16.5 Å². The Labute approximate surface area is 186 Å². The van der Waals surface area contributed by atoms with Gasteiger partial charge in [-0.1, -0.05) is 17.7 Å². The first-order chi connectivity index (χ1) is 14.8. The summed E-state index contributed by atoms with van der Waals surface area (Å²) in [5.74, 6) is -0.211. The molecule has 2 aliphatic heterocycles. The van der Waals surface area contributed by atoms with Crippen LogP contribution in [0.3, 0.4) is 0 Å². The van der Waals surface area contributed by atoms with E-state index in [1.807, 2.05) is 24.0 Å². The third kappa shape index (κ3) is 5.04. The number of fused-ring (bicyclic) bond motifs is 1. The molecule has 1 fully saturated rings. The van der Waals surface area contributed by atoms with E-state index >= 15 is 0 Å². The number of aryl methyl sites for hydroxylation is 1. The smallest absolute Gasteiger partial charge is 0.261 e. The number of nitrogens with zero attached hydrogens (tertiary/aromatic N) is 1. The molecule has 2 aliphatic rings. The summed E-state index contributed by atoms with van der Waals surface area (Å²) in [7, 11) is -3.80. The molecular weight excluding hydrogens is 434 g/mol. The molecule has 7 nitrogen and oxygen atoms in total. The van der Waals surface area contributed by atoms with Crippen molar-refractivity contribution in [1.29, 1.82) is 0 Å². The highest BCUT2D eigenvalue weighted by Gasteiger charge is 2.30. The molecule has 1 atom stereocenters. The summed E-state index contributed by atoms with van der Waals surface area (Å²) in [5, 5.41) is 2.83. The summed E-state index contributed by atoms with van der Waals surface area (Å²) in [6.07, 6.45) is 2.19. The zero-order valence-electron chi connectivity index (χ0n) is 17.3. The number of nitrogens with one attached hydrogen (secondary N) is 2. The number of carbonyl (C=O) groups is 2. The van der Waals surface area contributed by atoms with Crippen LogP contribution in [-0.2, 0) is 19.6 Å². The first-order valence-electron chi connectivity index (χ1n) is 10.3. The molecule has 31 heavy (non-hydrogen) atoms. The van der Waals surface area contributed by atoms with Crippen molar-refractivity contribution in [2.45, 2.75) is 36.0 Å². The lowest BCUT2D eigenvalue weighted by Gasteiger charge is -2.18. The molecule has 2 heterocycles. The number of sulfonamides is 1. The van der Waals surface area contributed by atoms with Crippen molar-refractivity contribution in [3.05, 3.63) is 48.0 Å². The SMILES string of the molecule is Cc1ccc(NS(=O)(=O)c2ccc3c(c2)NC(=O)[C@@H](CC(=O)N2CCCC2)CS3)cc1. The lowest BCUT2D eigenvalue weighted by Crippen LogP contribution is -2.33. The molecule has 0 spiro atoms. The van der Waals surface area contributed by atoms with E-state index < -0.39 is 15.9 Å². The van der Waals surface area contributed by atoms with Crippen LogP contribution in [0.2, 0.25) is 0 Å². The van der Waals surface area contributed by atoms with Crippen LogP contribution in [0.25, 0.3) is 0 Å². The van der Waals surface area contributed by atoms with Gasteiger partial charge >= 0.3 is 0 Å². The van der Waals surface area contributed by atoms with Crippen molar-refractivity contribution in [1.82, 2.24) is 4.90 Å². The minimum Gasteiger partial charge on any atom is -0.343 e. The van der Waals surface area contributed by atoms with E-state index in [2.05, 4.69) is 10.0 Å². The topological polar surface area (TPSA) is 95.6 Å². The molecule has 2 N–H and O–H groups in total. The van der Waals surface area contributed by atoms with E-state index in [4.69, 9.17) is 0 Å². The normalized spacial score (nSPS) is 18.8. The number of benzene rings is 2. The molecule has 0 radical (unpaired) electrons. The fraction of sp³-hybridized carbons (Fsp3) is 0.364. The maximum Gasteiger partial charge on any atom is 0.261 e. The summed E-state index contributed by atoms with van der Waals surface area (Å²) in [6.45, 7) is 3.45. The quantitative estimate of drug-likeness (QED) is 0.714. The predicted octanol–water partition coefficient (Wildman–Crippen LogP) is 3.47. The Kier molecular flexibility index (Phi) is 6.24. The van der Waals surface area contributed by atoms with E-state index in [0.717, 1.165) is 36.4 Å². The molecule has 1 saturated heterocycles. The third-order valence-electron chi connectivity index (χ3n) is 5.51. The van der Waals surface area contributed by atoms with Gasteiger partial charge in [-0.15, -0.1) is 11.8 Å². The van der Waals surface area contributed by atoms with Gasteiger partial charge in [0.15, 0.2) is 0 Å². The zero-order valence-corrected chi connectivity index (χ0v) is 18.9. The Hall–Kier alpha value is -2.52.